The van der Waals surface area contributed by atoms with Crippen molar-refractivity contribution >= 4 is 0 Å². The summed E-state index contributed by atoms with van der Waals surface area (Å²) in [6, 6.07) is 60.5. The number of nitriles is 1. The van der Waals surface area contributed by atoms with Gasteiger partial charge in [0.2, 0.25) is 0 Å². The number of rotatable bonds is 8. The summed E-state index contributed by atoms with van der Waals surface area (Å²) in [5.74, 6) is 3.72. The molecule has 0 amide bonds. The summed E-state index contributed by atoms with van der Waals surface area (Å²) in [7, 11) is 0. The van der Waals surface area contributed by atoms with Gasteiger partial charge in [0, 0.05) is 33.4 Å². The van der Waals surface area contributed by atoms with E-state index < -0.39 is 0 Å². The second kappa shape index (κ2) is 14.9. The molecule has 0 spiro atoms. The highest BCUT2D eigenvalue weighted by molar-refractivity contribution is 5.77. The molecule has 2 aliphatic carbocycles. The van der Waals surface area contributed by atoms with Crippen molar-refractivity contribution in [2.75, 3.05) is 0 Å². The molecule has 3 atom stereocenters. The summed E-state index contributed by atoms with van der Waals surface area (Å²) in [4.78, 5) is 20.5. The third kappa shape index (κ3) is 7.03. The summed E-state index contributed by atoms with van der Waals surface area (Å²) < 4.78 is 0. The van der Waals surface area contributed by atoms with Crippen molar-refractivity contribution in [2.24, 2.45) is 11.8 Å². The van der Waals surface area contributed by atoms with Crippen molar-refractivity contribution in [3.05, 3.63) is 181 Å². The first-order valence-electron chi connectivity index (χ1n) is 19.8. The van der Waals surface area contributed by atoms with Crippen LogP contribution < -0.4 is 0 Å². The highest BCUT2D eigenvalue weighted by Crippen LogP contribution is 2.53. The van der Waals surface area contributed by atoms with Crippen LogP contribution in [0.2, 0.25) is 0 Å². The lowest BCUT2D eigenvalue weighted by atomic mass is 9.83. The normalized spacial score (nSPS) is 17.0. The molecule has 3 unspecified atom stereocenters. The highest BCUT2D eigenvalue weighted by Gasteiger charge is 2.40. The van der Waals surface area contributed by atoms with Crippen molar-refractivity contribution in [1.82, 2.24) is 19.9 Å². The van der Waals surface area contributed by atoms with E-state index in [1.165, 1.54) is 31.2 Å². The quantitative estimate of drug-likeness (QED) is 0.155. The number of benzene rings is 6. The SMILES string of the molecule is N#Cc1ccc(-c2cccc(-c3cc(-c4ccc(-c5nc(-c6ccccc6)cc(-c6cccc(C7CC8CCC7C8)c6)n5)cc4)nc(-c4ccccc4)n3)c2)cc1. The van der Waals surface area contributed by atoms with E-state index in [-0.39, 0.29) is 0 Å². The smallest absolute Gasteiger partial charge is 0.160 e. The van der Waals surface area contributed by atoms with Gasteiger partial charge in [-0.05, 0) is 90.1 Å². The maximum Gasteiger partial charge on any atom is 0.160 e. The van der Waals surface area contributed by atoms with Crippen LogP contribution in [0.25, 0.3) is 78.9 Å². The maximum absolute atomic E-state index is 9.30. The number of aromatic nitrogens is 4. The molecule has 2 heterocycles. The first-order valence-corrected chi connectivity index (χ1v) is 19.8. The molecule has 0 radical (unpaired) electrons. The van der Waals surface area contributed by atoms with Gasteiger partial charge in [-0.25, -0.2) is 19.9 Å². The molecule has 2 fully saturated rings. The van der Waals surface area contributed by atoms with E-state index in [2.05, 4.69) is 109 Å². The molecule has 2 aliphatic rings. The lowest BCUT2D eigenvalue weighted by molar-refractivity contribution is 0.420. The standard InChI is InChI=1S/C52H39N5/c53-33-34-17-20-36(21-18-34)41-13-7-15-44(29-41)49-32-48(55-51(56-49)39-11-5-2-6-12-39)38-23-25-40(26-24-38)52-54-47(37-9-3-1-4-10-37)31-50(57-52)45-16-8-14-42(30-45)46-28-35-19-22-43(46)27-35/h1-18,20-21,23-26,29-32,35,43,46H,19,22,27-28H2. The van der Waals surface area contributed by atoms with Gasteiger partial charge in [0.25, 0.3) is 0 Å². The van der Waals surface area contributed by atoms with E-state index in [4.69, 9.17) is 19.9 Å². The van der Waals surface area contributed by atoms with Crippen LogP contribution in [0.5, 0.6) is 0 Å². The van der Waals surface area contributed by atoms with Crippen LogP contribution in [-0.4, -0.2) is 19.9 Å². The molecule has 2 saturated carbocycles. The third-order valence-electron chi connectivity index (χ3n) is 11.8. The van der Waals surface area contributed by atoms with Crippen LogP contribution >= 0.6 is 0 Å². The zero-order valence-corrected chi connectivity index (χ0v) is 31.5. The molecular formula is C52H39N5. The predicted octanol–water partition coefficient (Wildman–Crippen LogP) is 12.7. The van der Waals surface area contributed by atoms with E-state index in [0.717, 1.165) is 79.1 Å². The van der Waals surface area contributed by atoms with Gasteiger partial charge in [-0.2, -0.15) is 5.26 Å². The van der Waals surface area contributed by atoms with Crippen molar-refractivity contribution in [1.29, 1.82) is 5.26 Å². The number of hydrogen-bond acceptors (Lipinski definition) is 5. The summed E-state index contributed by atoms with van der Waals surface area (Å²) in [5, 5.41) is 9.30. The minimum Gasteiger partial charge on any atom is -0.228 e. The molecule has 10 rings (SSSR count). The zero-order chi connectivity index (χ0) is 38.1. The third-order valence-corrected chi connectivity index (χ3v) is 11.8. The molecule has 0 aliphatic heterocycles. The van der Waals surface area contributed by atoms with Crippen molar-refractivity contribution in [3.63, 3.8) is 0 Å². The zero-order valence-electron chi connectivity index (χ0n) is 31.5. The van der Waals surface area contributed by atoms with Crippen LogP contribution in [0.1, 0.15) is 42.7 Å². The molecule has 6 aromatic carbocycles. The Morgan fingerprint density at radius 3 is 1.49 bits per heavy atom. The average molecular weight is 734 g/mol. The Morgan fingerprint density at radius 2 is 0.895 bits per heavy atom. The second-order valence-electron chi connectivity index (χ2n) is 15.4. The summed E-state index contributed by atoms with van der Waals surface area (Å²) >= 11 is 0. The second-order valence-corrected chi connectivity index (χ2v) is 15.4. The summed E-state index contributed by atoms with van der Waals surface area (Å²) in [5.41, 5.74) is 13.7. The Bertz CT molecular complexity index is 2750. The monoisotopic (exact) mass is 733 g/mol. The van der Waals surface area contributed by atoms with Gasteiger partial charge in [0.1, 0.15) is 0 Å². The largest absolute Gasteiger partial charge is 0.228 e. The first-order chi connectivity index (χ1) is 28.1. The molecule has 2 aromatic heterocycles. The van der Waals surface area contributed by atoms with Gasteiger partial charge < -0.3 is 0 Å². The van der Waals surface area contributed by atoms with E-state index in [0.29, 0.717) is 23.1 Å². The Morgan fingerprint density at radius 1 is 0.404 bits per heavy atom. The first kappa shape index (κ1) is 34.5. The average Bonchev–Trinajstić information content (AvgIpc) is 3.94. The van der Waals surface area contributed by atoms with E-state index in [1.807, 2.05) is 66.7 Å². The van der Waals surface area contributed by atoms with Gasteiger partial charge >= 0.3 is 0 Å². The predicted molar refractivity (Wildman–Crippen MR) is 229 cm³/mol. The topological polar surface area (TPSA) is 75.3 Å². The Hall–Kier alpha value is -7.03. The Balaban J connectivity index is 1.02. The summed E-state index contributed by atoms with van der Waals surface area (Å²) in [6.07, 6.45) is 5.47. The molecule has 57 heavy (non-hydrogen) atoms. The van der Waals surface area contributed by atoms with Crippen LogP contribution in [0.15, 0.2) is 170 Å². The fourth-order valence-electron chi connectivity index (χ4n) is 8.91. The number of nitrogens with zero attached hydrogens (tertiary/aromatic N) is 5. The molecule has 5 nitrogen and oxygen atoms in total. The molecule has 2 bridgehead atoms. The van der Waals surface area contributed by atoms with E-state index in [9.17, 15) is 5.26 Å². The molecule has 0 N–H and O–H groups in total. The van der Waals surface area contributed by atoms with Gasteiger partial charge in [-0.1, -0.05) is 140 Å². The van der Waals surface area contributed by atoms with Crippen molar-refractivity contribution in [2.45, 2.75) is 31.6 Å². The minimum atomic E-state index is 0.639. The summed E-state index contributed by atoms with van der Waals surface area (Å²) in [6.45, 7) is 0. The van der Waals surface area contributed by atoms with Gasteiger partial charge in [0.05, 0.1) is 34.4 Å². The molecule has 272 valence electrons. The van der Waals surface area contributed by atoms with Gasteiger partial charge in [-0.15, -0.1) is 0 Å². The number of fused-ring (bicyclic) bond motifs is 2. The van der Waals surface area contributed by atoms with Crippen LogP contribution in [0.4, 0.5) is 0 Å². The lowest BCUT2D eigenvalue weighted by Crippen LogP contribution is -2.08. The van der Waals surface area contributed by atoms with Gasteiger partial charge in [0.15, 0.2) is 11.6 Å². The molecule has 0 saturated heterocycles. The molecular weight excluding hydrogens is 695 g/mol. The highest BCUT2D eigenvalue weighted by atomic mass is 14.9. The molecule has 5 heteroatoms. The Kier molecular flexibility index (Phi) is 9.01. The molecule has 8 aromatic rings. The van der Waals surface area contributed by atoms with Crippen molar-refractivity contribution < 1.29 is 0 Å². The number of hydrogen-bond donors (Lipinski definition) is 0. The maximum atomic E-state index is 9.30. The van der Waals surface area contributed by atoms with Crippen LogP contribution in [-0.2, 0) is 0 Å². The van der Waals surface area contributed by atoms with Gasteiger partial charge in [-0.3, -0.25) is 0 Å². The fourth-order valence-corrected chi connectivity index (χ4v) is 8.91. The Labute approximate surface area is 333 Å². The minimum absolute atomic E-state index is 0.639. The van der Waals surface area contributed by atoms with Crippen LogP contribution in [0, 0.1) is 23.2 Å². The van der Waals surface area contributed by atoms with E-state index in [1.54, 1.807) is 0 Å². The fraction of sp³-hybridized carbons (Fsp3) is 0.135. The van der Waals surface area contributed by atoms with Crippen molar-refractivity contribution in [3.8, 4) is 85.0 Å². The van der Waals surface area contributed by atoms with E-state index >= 15 is 0 Å². The lowest BCUT2D eigenvalue weighted by Gasteiger charge is -2.22. The van der Waals surface area contributed by atoms with Crippen LogP contribution in [0.3, 0.4) is 0 Å².